The molecule has 1 N–H and O–H groups in total. The van der Waals surface area contributed by atoms with Gasteiger partial charge in [-0.3, -0.25) is 9.59 Å². The summed E-state index contributed by atoms with van der Waals surface area (Å²) in [4.78, 5) is 26.2. The Morgan fingerprint density at radius 1 is 1.24 bits per heavy atom. The van der Waals surface area contributed by atoms with Gasteiger partial charge in [-0.1, -0.05) is 0 Å². The van der Waals surface area contributed by atoms with Crippen LogP contribution in [0.3, 0.4) is 0 Å². The van der Waals surface area contributed by atoms with Crippen LogP contribution in [0.2, 0.25) is 0 Å². The summed E-state index contributed by atoms with van der Waals surface area (Å²) in [5, 5.41) is 0. The molecule has 5 heteroatoms. The quantitative estimate of drug-likeness (QED) is 0.600. The Labute approximate surface area is 100 Å². The molecule has 0 saturated heterocycles. The number of H-pyrrole nitrogens is 1. The summed E-state index contributed by atoms with van der Waals surface area (Å²) >= 11 is 0. The highest BCUT2D eigenvalue weighted by Crippen LogP contribution is 2.11. The number of aromatic nitrogens is 1. The van der Waals surface area contributed by atoms with Gasteiger partial charge >= 0.3 is 11.9 Å². The fourth-order valence-electron chi connectivity index (χ4n) is 1.46. The zero-order chi connectivity index (χ0) is 12.7. The zero-order valence-electron chi connectivity index (χ0n) is 10.1. The highest BCUT2D eigenvalue weighted by Gasteiger charge is 2.29. The molecule has 0 aliphatic carbocycles. The number of rotatable bonds is 6. The minimum Gasteiger partial charge on any atom is -0.465 e. The molecular weight excluding hydrogens is 222 g/mol. The first-order valence-corrected chi connectivity index (χ1v) is 5.64. The van der Waals surface area contributed by atoms with Crippen LogP contribution in [-0.2, 0) is 25.5 Å². The van der Waals surface area contributed by atoms with Gasteiger partial charge < -0.3 is 14.5 Å². The monoisotopic (exact) mass is 239 g/mol. The summed E-state index contributed by atoms with van der Waals surface area (Å²) < 4.78 is 9.73. The second kappa shape index (κ2) is 6.73. The van der Waals surface area contributed by atoms with Crippen LogP contribution in [0, 0.1) is 5.92 Å². The Balaban J connectivity index is 2.71. The third-order valence-electron chi connectivity index (χ3n) is 2.23. The molecule has 94 valence electrons. The van der Waals surface area contributed by atoms with Gasteiger partial charge in [0.05, 0.1) is 13.2 Å². The van der Waals surface area contributed by atoms with Crippen molar-refractivity contribution < 1.29 is 19.1 Å². The molecule has 0 aromatic carbocycles. The van der Waals surface area contributed by atoms with Gasteiger partial charge in [-0.15, -0.1) is 0 Å². The van der Waals surface area contributed by atoms with Crippen LogP contribution in [0.1, 0.15) is 19.5 Å². The van der Waals surface area contributed by atoms with E-state index in [-0.39, 0.29) is 19.6 Å². The number of carbonyl (C=O) groups is 2. The first-order chi connectivity index (χ1) is 8.19. The molecule has 0 aliphatic heterocycles. The van der Waals surface area contributed by atoms with E-state index in [1.807, 2.05) is 12.1 Å². The van der Waals surface area contributed by atoms with Crippen molar-refractivity contribution in [3.05, 3.63) is 24.0 Å². The van der Waals surface area contributed by atoms with Gasteiger partial charge in [0.1, 0.15) is 0 Å². The molecule has 0 bridgehead atoms. The molecule has 0 atom stereocenters. The molecule has 17 heavy (non-hydrogen) atoms. The van der Waals surface area contributed by atoms with Crippen molar-refractivity contribution in [2.24, 2.45) is 5.92 Å². The molecule has 0 radical (unpaired) electrons. The van der Waals surface area contributed by atoms with Crippen LogP contribution in [0.4, 0.5) is 0 Å². The third kappa shape index (κ3) is 3.94. The van der Waals surface area contributed by atoms with E-state index in [0.29, 0.717) is 0 Å². The van der Waals surface area contributed by atoms with E-state index in [2.05, 4.69) is 4.98 Å². The van der Waals surface area contributed by atoms with E-state index in [1.165, 1.54) is 0 Å². The normalized spacial score (nSPS) is 10.3. The van der Waals surface area contributed by atoms with Crippen molar-refractivity contribution in [2.45, 2.75) is 20.3 Å². The molecule has 0 amide bonds. The number of aromatic amines is 1. The van der Waals surface area contributed by atoms with E-state index in [9.17, 15) is 9.59 Å². The molecule has 1 aromatic rings. The Hall–Kier alpha value is -1.78. The first kappa shape index (κ1) is 13.3. The van der Waals surface area contributed by atoms with Crippen LogP contribution in [0.15, 0.2) is 18.3 Å². The Kier molecular flexibility index (Phi) is 5.26. The van der Waals surface area contributed by atoms with E-state index < -0.39 is 17.9 Å². The fourth-order valence-corrected chi connectivity index (χ4v) is 1.46. The SMILES string of the molecule is CCOC(=O)C(Cc1ccc[nH]1)C(=O)OCC. The minimum atomic E-state index is -0.895. The zero-order valence-corrected chi connectivity index (χ0v) is 10.1. The second-order valence-electron chi connectivity index (χ2n) is 3.46. The maximum atomic E-state index is 11.6. The highest BCUT2D eigenvalue weighted by atomic mass is 16.6. The standard InChI is InChI=1S/C12H17NO4/c1-3-16-11(14)10(12(15)17-4-2)8-9-6-5-7-13-9/h5-7,10,13H,3-4,8H2,1-2H3. The van der Waals surface area contributed by atoms with Crippen molar-refractivity contribution in [1.29, 1.82) is 0 Å². The van der Waals surface area contributed by atoms with Crippen LogP contribution < -0.4 is 0 Å². The van der Waals surface area contributed by atoms with Crippen LogP contribution in [0.25, 0.3) is 0 Å². The van der Waals surface area contributed by atoms with E-state index in [0.717, 1.165) is 5.69 Å². The van der Waals surface area contributed by atoms with Gasteiger partial charge in [0.15, 0.2) is 5.92 Å². The van der Waals surface area contributed by atoms with Crippen LogP contribution in [-0.4, -0.2) is 30.1 Å². The first-order valence-electron chi connectivity index (χ1n) is 5.64. The van der Waals surface area contributed by atoms with E-state index >= 15 is 0 Å². The van der Waals surface area contributed by atoms with Gasteiger partial charge in [-0.05, 0) is 26.0 Å². The number of esters is 2. The number of carbonyl (C=O) groups excluding carboxylic acids is 2. The topological polar surface area (TPSA) is 68.4 Å². The molecule has 1 rings (SSSR count). The van der Waals surface area contributed by atoms with Gasteiger partial charge in [0.2, 0.25) is 0 Å². The van der Waals surface area contributed by atoms with E-state index in [1.54, 1.807) is 20.0 Å². The molecule has 0 spiro atoms. The van der Waals surface area contributed by atoms with Crippen molar-refractivity contribution in [3.8, 4) is 0 Å². The number of hydrogen-bond acceptors (Lipinski definition) is 4. The Bertz CT molecular complexity index is 341. The molecule has 0 unspecified atom stereocenters. The Morgan fingerprint density at radius 3 is 2.24 bits per heavy atom. The largest absolute Gasteiger partial charge is 0.465 e. The number of hydrogen-bond donors (Lipinski definition) is 1. The summed E-state index contributed by atoms with van der Waals surface area (Å²) in [5.74, 6) is -1.98. The van der Waals surface area contributed by atoms with Crippen molar-refractivity contribution in [2.75, 3.05) is 13.2 Å². The summed E-state index contributed by atoms with van der Waals surface area (Å²) in [5.41, 5.74) is 0.802. The number of nitrogens with one attached hydrogen (secondary N) is 1. The van der Waals surface area contributed by atoms with Crippen molar-refractivity contribution >= 4 is 11.9 Å². The molecule has 1 aromatic heterocycles. The summed E-state index contributed by atoms with van der Waals surface area (Å²) in [6.07, 6.45) is 2.01. The maximum Gasteiger partial charge on any atom is 0.320 e. The second-order valence-corrected chi connectivity index (χ2v) is 3.46. The predicted octanol–water partition coefficient (Wildman–Crippen LogP) is 1.30. The maximum absolute atomic E-state index is 11.6. The summed E-state index contributed by atoms with van der Waals surface area (Å²) in [6, 6.07) is 3.62. The fraction of sp³-hybridized carbons (Fsp3) is 0.500. The molecule has 0 aliphatic rings. The lowest BCUT2D eigenvalue weighted by Gasteiger charge is -2.13. The predicted molar refractivity (Wildman–Crippen MR) is 61.3 cm³/mol. The van der Waals surface area contributed by atoms with Gasteiger partial charge in [-0.2, -0.15) is 0 Å². The summed E-state index contributed by atoms with van der Waals surface area (Å²) in [7, 11) is 0. The summed E-state index contributed by atoms with van der Waals surface area (Å²) in [6.45, 7) is 3.91. The highest BCUT2D eigenvalue weighted by molar-refractivity contribution is 5.95. The van der Waals surface area contributed by atoms with Gasteiger partial charge in [0, 0.05) is 18.3 Å². The lowest BCUT2D eigenvalue weighted by molar-refractivity contribution is -0.161. The minimum absolute atomic E-state index is 0.249. The smallest absolute Gasteiger partial charge is 0.320 e. The lowest BCUT2D eigenvalue weighted by Crippen LogP contribution is -2.30. The number of ether oxygens (including phenoxy) is 2. The average Bonchev–Trinajstić information content (AvgIpc) is 2.79. The molecule has 0 saturated carbocycles. The average molecular weight is 239 g/mol. The van der Waals surface area contributed by atoms with Crippen LogP contribution >= 0.6 is 0 Å². The van der Waals surface area contributed by atoms with Crippen molar-refractivity contribution in [1.82, 2.24) is 4.98 Å². The van der Waals surface area contributed by atoms with Gasteiger partial charge in [-0.25, -0.2) is 0 Å². The lowest BCUT2D eigenvalue weighted by atomic mass is 10.0. The molecular formula is C12H17NO4. The van der Waals surface area contributed by atoms with Gasteiger partial charge in [0.25, 0.3) is 0 Å². The molecule has 1 heterocycles. The molecule has 0 fully saturated rings. The van der Waals surface area contributed by atoms with E-state index in [4.69, 9.17) is 9.47 Å². The van der Waals surface area contributed by atoms with Crippen LogP contribution in [0.5, 0.6) is 0 Å². The third-order valence-corrected chi connectivity index (χ3v) is 2.23. The molecule has 5 nitrogen and oxygen atoms in total. The Morgan fingerprint density at radius 2 is 1.82 bits per heavy atom. The van der Waals surface area contributed by atoms with Crippen molar-refractivity contribution in [3.63, 3.8) is 0 Å².